The van der Waals surface area contributed by atoms with Crippen molar-refractivity contribution in [3.8, 4) is 11.5 Å². The minimum Gasteiger partial charge on any atom is -0.497 e. The van der Waals surface area contributed by atoms with E-state index in [2.05, 4.69) is 33.8 Å². The summed E-state index contributed by atoms with van der Waals surface area (Å²) in [6.07, 6.45) is -0.0391. The van der Waals surface area contributed by atoms with E-state index >= 15 is 0 Å². The Bertz CT molecular complexity index is 798. The van der Waals surface area contributed by atoms with Crippen LogP contribution in [0.25, 0.3) is 0 Å². The average Bonchev–Trinajstić information content (AvgIpc) is 2.79. The van der Waals surface area contributed by atoms with Crippen LogP contribution in [0.1, 0.15) is 25.0 Å². The van der Waals surface area contributed by atoms with Crippen LogP contribution < -0.4 is 20.1 Å². The lowest BCUT2D eigenvalue weighted by atomic mass is 10.1. The van der Waals surface area contributed by atoms with Gasteiger partial charge in [-0.1, -0.05) is 30.3 Å². The molecular weight excluding hydrogens is 394 g/mol. The molecule has 0 amide bonds. The standard InChI is InChI=1S/C24H35N3O4/c1-5-29-12-13-30-18-21-9-6-8-20(14-21)17-27-24(25-3)26-16-19(2)31-23-11-7-10-22(15-23)28-4/h6-11,14-15,19H,5,12-13,16-18H2,1-4H3,(H2,25,26,27). The smallest absolute Gasteiger partial charge is 0.191 e. The predicted octanol–water partition coefficient (Wildman–Crippen LogP) is 3.38. The Labute approximate surface area is 185 Å². The molecule has 7 nitrogen and oxygen atoms in total. The number of hydrogen-bond donors (Lipinski definition) is 2. The fourth-order valence-corrected chi connectivity index (χ4v) is 2.88. The SMILES string of the molecule is CCOCCOCc1cccc(CNC(=NC)NCC(C)Oc2cccc(OC)c2)c1. The summed E-state index contributed by atoms with van der Waals surface area (Å²) in [5, 5.41) is 6.64. The molecule has 2 rings (SSSR count). The van der Waals surface area contributed by atoms with E-state index in [9.17, 15) is 0 Å². The molecule has 0 aromatic heterocycles. The van der Waals surface area contributed by atoms with Crippen LogP contribution >= 0.6 is 0 Å². The zero-order chi connectivity index (χ0) is 22.3. The maximum Gasteiger partial charge on any atom is 0.191 e. The summed E-state index contributed by atoms with van der Waals surface area (Å²) in [4.78, 5) is 4.29. The molecule has 0 aliphatic carbocycles. The summed E-state index contributed by atoms with van der Waals surface area (Å²) in [7, 11) is 3.40. The van der Waals surface area contributed by atoms with Crippen LogP contribution in [0.4, 0.5) is 0 Å². The summed E-state index contributed by atoms with van der Waals surface area (Å²) >= 11 is 0. The monoisotopic (exact) mass is 429 g/mol. The Morgan fingerprint density at radius 3 is 2.48 bits per heavy atom. The largest absolute Gasteiger partial charge is 0.497 e. The van der Waals surface area contributed by atoms with Gasteiger partial charge in [0.25, 0.3) is 0 Å². The first-order valence-corrected chi connectivity index (χ1v) is 10.6. The molecule has 0 aliphatic rings. The van der Waals surface area contributed by atoms with Crippen molar-refractivity contribution in [2.24, 2.45) is 4.99 Å². The fourth-order valence-electron chi connectivity index (χ4n) is 2.88. The number of nitrogens with zero attached hydrogens (tertiary/aromatic N) is 1. The fraction of sp³-hybridized carbons (Fsp3) is 0.458. The van der Waals surface area contributed by atoms with Gasteiger partial charge >= 0.3 is 0 Å². The maximum absolute atomic E-state index is 5.94. The van der Waals surface area contributed by atoms with Crippen LogP contribution in [-0.4, -0.2) is 52.6 Å². The molecular formula is C24H35N3O4. The second kappa shape index (κ2) is 14.3. The van der Waals surface area contributed by atoms with E-state index < -0.39 is 0 Å². The van der Waals surface area contributed by atoms with Crippen molar-refractivity contribution < 1.29 is 18.9 Å². The lowest BCUT2D eigenvalue weighted by molar-refractivity contribution is 0.0453. The quantitative estimate of drug-likeness (QED) is 0.289. The molecule has 1 atom stereocenters. The molecule has 2 N–H and O–H groups in total. The third-order valence-electron chi connectivity index (χ3n) is 4.46. The highest BCUT2D eigenvalue weighted by Crippen LogP contribution is 2.19. The molecule has 0 saturated carbocycles. The van der Waals surface area contributed by atoms with Crippen molar-refractivity contribution in [1.29, 1.82) is 0 Å². The number of methoxy groups -OCH3 is 1. The van der Waals surface area contributed by atoms with E-state index in [0.717, 1.165) is 28.6 Å². The van der Waals surface area contributed by atoms with E-state index in [4.69, 9.17) is 18.9 Å². The van der Waals surface area contributed by atoms with Gasteiger partial charge in [-0.2, -0.15) is 0 Å². The Kier molecular flexibility index (Phi) is 11.3. The van der Waals surface area contributed by atoms with Gasteiger partial charge in [0.05, 0.1) is 33.5 Å². The second-order valence-electron chi connectivity index (χ2n) is 6.98. The Morgan fingerprint density at radius 2 is 1.71 bits per heavy atom. The number of guanidine groups is 1. The molecule has 0 saturated heterocycles. The van der Waals surface area contributed by atoms with E-state index in [1.165, 1.54) is 0 Å². The lowest BCUT2D eigenvalue weighted by Crippen LogP contribution is -2.41. The predicted molar refractivity (Wildman–Crippen MR) is 124 cm³/mol. The zero-order valence-corrected chi connectivity index (χ0v) is 19.0. The number of rotatable bonds is 13. The molecule has 0 bridgehead atoms. The van der Waals surface area contributed by atoms with Gasteiger partial charge in [0.2, 0.25) is 0 Å². The van der Waals surface area contributed by atoms with Crippen LogP contribution in [-0.2, 0) is 22.6 Å². The molecule has 2 aromatic rings. The van der Waals surface area contributed by atoms with Crippen molar-refractivity contribution in [3.63, 3.8) is 0 Å². The molecule has 0 spiro atoms. The van der Waals surface area contributed by atoms with Gasteiger partial charge in [-0.25, -0.2) is 0 Å². The minimum absolute atomic E-state index is 0.0391. The van der Waals surface area contributed by atoms with Crippen molar-refractivity contribution in [1.82, 2.24) is 10.6 Å². The molecule has 0 aliphatic heterocycles. The number of ether oxygens (including phenoxy) is 4. The molecule has 0 fully saturated rings. The van der Waals surface area contributed by atoms with Gasteiger partial charge in [-0.3, -0.25) is 4.99 Å². The lowest BCUT2D eigenvalue weighted by Gasteiger charge is -2.18. The van der Waals surface area contributed by atoms with Gasteiger partial charge in [-0.05, 0) is 37.1 Å². The van der Waals surface area contributed by atoms with Crippen LogP contribution in [0, 0.1) is 0 Å². The highest BCUT2D eigenvalue weighted by molar-refractivity contribution is 5.79. The Hall–Kier alpha value is -2.77. The number of nitrogens with one attached hydrogen (secondary N) is 2. The number of hydrogen-bond acceptors (Lipinski definition) is 5. The van der Waals surface area contributed by atoms with E-state index in [1.807, 2.05) is 44.2 Å². The molecule has 2 aromatic carbocycles. The van der Waals surface area contributed by atoms with Crippen LogP contribution in [0.15, 0.2) is 53.5 Å². The topological polar surface area (TPSA) is 73.3 Å². The first-order valence-electron chi connectivity index (χ1n) is 10.6. The summed E-state index contributed by atoms with van der Waals surface area (Å²) in [6.45, 7) is 7.78. The highest BCUT2D eigenvalue weighted by atomic mass is 16.5. The third-order valence-corrected chi connectivity index (χ3v) is 4.46. The van der Waals surface area contributed by atoms with Crippen LogP contribution in [0.5, 0.6) is 11.5 Å². The van der Waals surface area contributed by atoms with Gasteiger partial charge in [0.1, 0.15) is 17.6 Å². The number of benzene rings is 2. The van der Waals surface area contributed by atoms with Crippen molar-refractivity contribution in [3.05, 3.63) is 59.7 Å². The van der Waals surface area contributed by atoms with Gasteiger partial charge in [0, 0.05) is 26.3 Å². The normalized spacial score (nSPS) is 12.3. The van der Waals surface area contributed by atoms with Gasteiger partial charge in [0.15, 0.2) is 5.96 Å². The van der Waals surface area contributed by atoms with Crippen molar-refractivity contribution >= 4 is 5.96 Å². The number of aliphatic imine (C=N–C) groups is 1. The van der Waals surface area contributed by atoms with Crippen molar-refractivity contribution in [2.45, 2.75) is 33.1 Å². The van der Waals surface area contributed by atoms with Gasteiger partial charge in [-0.15, -0.1) is 0 Å². The molecule has 1 unspecified atom stereocenters. The Morgan fingerprint density at radius 1 is 0.968 bits per heavy atom. The molecule has 170 valence electrons. The van der Waals surface area contributed by atoms with Crippen LogP contribution in [0.3, 0.4) is 0 Å². The van der Waals surface area contributed by atoms with Gasteiger partial charge < -0.3 is 29.6 Å². The Balaban J connectivity index is 1.74. The van der Waals surface area contributed by atoms with Crippen molar-refractivity contribution in [2.75, 3.05) is 40.5 Å². The first kappa shape index (κ1) is 24.5. The van der Waals surface area contributed by atoms with E-state index in [-0.39, 0.29) is 6.10 Å². The summed E-state index contributed by atoms with van der Waals surface area (Å²) in [5.74, 6) is 2.27. The highest BCUT2D eigenvalue weighted by Gasteiger charge is 2.07. The molecule has 0 heterocycles. The molecule has 0 radical (unpaired) electrons. The second-order valence-corrected chi connectivity index (χ2v) is 6.98. The minimum atomic E-state index is -0.0391. The summed E-state index contributed by atoms with van der Waals surface area (Å²) in [5.41, 5.74) is 2.30. The van der Waals surface area contributed by atoms with Crippen LogP contribution in [0.2, 0.25) is 0 Å². The maximum atomic E-state index is 5.94. The average molecular weight is 430 g/mol. The molecule has 31 heavy (non-hydrogen) atoms. The van der Waals surface area contributed by atoms with E-state index in [0.29, 0.717) is 39.5 Å². The summed E-state index contributed by atoms with van der Waals surface area (Å²) < 4.78 is 22.1. The third kappa shape index (κ3) is 9.72. The first-order chi connectivity index (χ1) is 15.1. The van der Waals surface area contributed by atoms with E-state index in [1.54, 1.807) is 14.2 Å². The zero-order valence-electron chi connectivity index (χ0n) is 19.0. The summed E-state index contributed by atoms with van der Waals surface area (Å²) in [6, 6.07) is 15.9. The molecule has 7 heteroatoms.